The van der Waals surface area contributed by atoms with Gasteiger partial charge in [-0.25, -0.2) is 0 Å². The van der Waals surface area contributed by atoms with Crippen LogP contribution in [0.2, 0.25) is 0 Å². The van der Waals surface area contributed by atoms with Crippen LogP contribution in [0, 0.1) is 17.3 Å². The number of allylic oxidation sites excluding steroid dienone is 3. The molecule has 4 unspecified atom stereocenters. The fraction of sp³-hybridized carbons (Fsp3) is 0.650. The lowest BCUT2D eigenvalue weighted by Crippen LogP contribution is -2.23. The van der Waals surface area contributed by atoms with E-state index in [1.807, 2.05) is 13.8 Å². The summed E-state index contributed by atoms with van der Waals surface area (Å²) >= 11 is 0. The standard InChI is InChI=1S/C20H30O3/c1-14-13-16-15(18(16,2)3)7-11-19(4,22)9-6-10-20(5,23)12-8-17(14)21/h6,8-9,12-13,15-16,22-23H,7,10-11H2,1-5H3. The smallest absolute Gasteiger partial charge is 0.181 e. The van der Waals surface area contributed by atoms with Crippen molar-refractivity contribution in [3.8, 4) is 0 Å². The third kappa shape index (κ3) is 4.42. The number of carbonyl (C=O) groups excluding carboxylic acids is 1. The Morgan fingerprint density at radius 3 is 2.39 bits per heavy atom. The van der Waals surface area contributed by atoms with Gasteiger partial charge in [-0.15, -0.1) is 0 Å². The van der Waals surface area contributed by atoms with Gasteiger partial charge in [-0.3, -0.25) is 4.79 Å². The molecule has 0 heterocycles. The molecule has 0 spiro atoms. The number of rotatable bonds is 0. The number of hydrogen-bond acceptors (Lipinski definition) is 3. The summed E-state index contributed by atoms with van der Waals surface area (Å²) in [6.07, 6.45) is 10.6. The van der Waals surface area contributed by atoms with Gasteiger partial charge in [0.1, 0.15) is 0 Å². The van der Waals surface area contributed by atoms with Gasteiger partial charge < -0.3 is 10.2 Å². The Kier molecular flexibility index (Phi) is 4.76. The molecule has 2 aliphatic rings. The zero-order chi connectivity index (χ0) is 17.5. The number of fused-ring (bicyclic) bond motifs is 1. The van der Waals surface area contributed by atoms with E-state index in [0.717, 1.165) is 12.0 Å². The second kappa shape index (κ2) is 6.03. The highest BCUT2D eigenvalue weighted by atomic mass is 16.3. The fourth-order valence-corrected chi connectivity index (χ4v) is 3.56. The fourth-order valence-electron chi connectivity index (χ4n) is 3.56. The highest BCUT2D eigenvalue weighted by Crippen LogP contribution is 2.61. The topological polar surface area (TPSA) is 57.5 Å². The van der Waals surface area contributed by atoms with E-state index in [9.17, 15) is 15.0 Å². The SMILES string of the molecule is CC1=CC2C(CCC(C)(O)C=CCC(C)(O)C=CC1=O)C2(C)C. The summed E-state index contributed by atoms with van der Waals surface area (Å²) in [4.78, 5) is 12.2. The highest BCUT2D eigenvalue weighted by molar-refractivity contribution is 6.03. The van der Waals surface area contributed by atoms with Gasteiger partial charge in [-0.05, 0) is 75.0 Å². The monoisotopic (exact) mass is 318 g/mol. The van der Waals surface area contributed by atoms with E-state index in [2.05, 4.69) is 19.9 Å². The predicted molar refractivity (Wildman–Crippen MR) is 92.9 cm³/mol. The number of carbonyl (C=O) groups is 1. The first-order chi connectivity index (χ1) is 10.4. The Labute approximate surface area is 139 Å². The summed E-state index contributed by atoms with van der Waals surface area (Å²) in [7, 11) is 0. The molecule has 0 bridgehead atoms. The molecular weight excluding hydrogens is 288 g/mol. The quantitative estimate of drug-likeness (QED) is 0.671. The summed E-state index contributed by atoms with van der Waals surface area (Å²) in [5, 5.41) is 20.8. The van der Waals surface area contributed by atoms with Crippen molar-refractivity contribution in [2.45, 2.75) is 65.1 Å². The van der Waals surface area contributed by atoms with Gasteiger partial charge >= 0.3 is 0 Å². The van der Waals surface area contributed by atoms with Crippen LogP contribution >= 0.6 is 0 Å². The molecule has 1 fully saturated rings. The third-order valence-electron chi connectivity index (χ3n) is 5.52. The second-order valence-electron chi connectivity index (χ2n) is 8.36. The molecule has 0 aromatic rings. The molecule has 2 rings (SSSR count). The van der Waals surface area contributed by atoms with Crippen LogP contribution in [0.3, 0.4) is 0 Å². The van der Waals surface area contributed by atoms with Crippen LogP contribution in [0.15, 0.2) is 36.0 Å². The highest BCUT2D eigenvalue weighted by Gasteiger charge is 2.55. The second-order valence-corrected chi connectivity index (χ2v) is 8.36. The molecule has 0 aromatic carbocycles. The van der Waals surface area contributed by atoms with E-state index in [4.69, 9.17) is 0 Å². The molecule has 3 nitrogen and oxygen atoms in total. The van der Waals surface area contributed by atoms with Gasteiger partial charge in [0.15, 0.2) is 5.78 Å². The van der Waals surface area contributed by atoms with Crippen molar-refractivity contribution in [1.82, 2.24) is 0 Å². The third-order valence-corrected chi connectivity index (χ3v) is 5.52. The summed E-state index contributed by atoms with van der Waals surface area (Å²) in [5.74, 6) is 0.836. The molecule has 128 valence electrons. The Morgan fingerprint density at radius 1 is 1.09 bits per heavy atom. The van der Waals surface area contributed by atoms with Gasteiger partial charge in [0.05, 0.1) is 11.2 Å². The first-order valence-electron chi connectivity index (χ1n) is 8.49. The Hall–Kier alpha value is -1.19. The number of hydrogen-bond donors (Lipinski definition) is 2. The lowest BCUT2D eigenvalue weighted by Gasteiger charge is -2.21. The van der Waals surface area contributed by atoms with Crippen LogP contribution in [0.25, 0.3) is 0 Å². The maximum absolute atomic E-state index is 12.2. The average Bonchev–Trinajstić information content (AvgIpc) is 2.93. The van der Waals surface area contributed by atoms with Crippen LogP contribution in [0.5, 0.6) is 0 Å². The van der Waals surface area contributed by atoms with E-state index >= 15 is 0 Å². The van der Waals surface area contributed by atoms with Crippen molar-refractivity contribution < 1.29 is 15.0 Å². The molecule has 2 N–H and O–H groups in total. The summed E-state index contributed by atoms with van der Waals surface area (Å²) in [5.41, 5.74) is -1.04. The van der Waals surface area contributed by atoms with Crippen LogP contribution < -0.4 is 0 Å². The summed E-state index contributed by atoms with van der Waals surface area (Å²) in [6, 6.07) is 0. The predicted octanol–water partition coefficient (Wildman–Crippen LogP) is 3.57. The van der Waals surface area contributed by atoms with E-state index in [0.29, 0.717) is 24.7 Å². The first kappa shape index (κ1) is 18.2. The van der Waals surface area contributed by atoms with Crippen molar-refractivity contribution in [3.05, 3.63) is 36.0 Å². The lowest BCUT2D eigenvalue weighted by molar-refractivity contribution is -0.111. The van der Waals surface area contributed by atoms with Crippen molar-refractivity contribution in [3.63, 3.8) is 0 Å². The molecule has 2 aliphatic carbocycles. The minimum atomic E-state index is -1.09. The average molecular weight is 318 g/mol. The first-order valence-corrected chi connectivity index (χ1v) is 8.49. The van der Waals surface area contributed by atoms with Gasteiger partial charge in [-0.2, -0.15) is 0 Å². The van der Waals surface area contributed by atoms with Gasteiger partial charge in [0.25, 0.3) is 0 Å². The van der Waals surface area contributed by atoms with E-state index < -0.39 is 11.2 Å². The van der Waals surface area contributed by atoms with Crippen LogP contribution in [0.1, 0.15) is 53.9 Å². The molecule has 4 atom stereocenters. The van der Waals surface area contributed by atoms with E-state index in [1.54, 1.807) is 25.2 Å². The minimum absolute atomic E-state index is 0.0419. The zero-order valence-corrected chi connectivity index (χ0v) is 15.0. The maximum Gasteiger partial charge on any atom is 0.181 e. The summed E-state index contributed by atoms with van der Waals surface area (Å²) < 4.78 is 0. The van der Waals surface area contributed by atoms with E-state index in [-0.39, 0.29) is 11.2 Å². The van der Waals surface area contributed by atoms with E-state index in [1.165, 1.54) is 6.08 Å². The largest absolute Gasteiger partial charge is 0.386 e. The molecule has 0 saturated heterocycles. The molecule has 0 aliphatic heterocycles. The van der Waals surface area contributed by atoms with Gasteiger partial charge in [-0.1, -0.05) is 32.1 Å². The zero-order valence-electron chi connectivity index (χ0n) is 15.0. The van der Waals surface area contributed by atoms with Gasteiger partial charge in [0, 0.05) is 0 Å². The van der Waals surface area contributed by atoms with Crippen LogP contribution in [-0.4, -0.2) is 27.2 Å². The molecular formula is C20H30O3. The summed E-state index contributed by atoms with van der Waals surface area (Å²) in [6.45, 7) is 9.77. The number of ketones is 1. The molecule has 23 heavy (non-hydrogen) atoms. The van der Waals surface area contributed by atoms with Crippen LogP contribution in [0.4, 0.5) is 0 Å². The van der Waals surface area contributed by atoms with Crippen molar-refractivity contribution in [1.29, 1.82) is 0 Å². The Balaban J connectivity index is 2.29. The molecule has 0 radical (unpaired) electrons. The van der Waals surface area contributed by atoms with Crippen molar-refractivity contribution in [2.24, 2.45) is 17.3 Å². The normalized spacial score (nSPS) is 41.0. The lowest BCUT2D eigenvalue weighted by atomic mass is 9.93. The Morgan fingerprint density at radius 2 is 1.74 bits per heavy atom. The van der Waals surface area contributed by atoms with Crippen LogP contribution in [-0.2, 0) is 4.79 Å². The number of aliphatic hydroxyl groups is 2. The molecule has 0 aromatic heterocycles. The maximum atomic E-state index is 12.2. The molecule has 3 heteroatoms. The Bertz CT molecular complexity index is 561. The molecule has 1 saturated carbocycles. The molecule has 0 amide bonds. The van der Waals surface area contributed by atoms with Crippen molar-refractivity contribution in [2.75, 3.05) is 0 Å². The van der Waals surface area contributed by atoms with Crippen molar-refractivity contribution >= 4 is 5.78 Å². The minimum Gasteiger partial charge on any atom is -0.386 e. The van der Waals surface area contributed by atoms with Gasteiger partial charge in [0.2, 0.25) is 0 Å².